The molecule has 2 rings (SSSR count). The van der Waals surface area contributed by atoms with Crippen LogP contribution in [0.1, 0.15) is 18.4 Å². The SMILES string of the molecule is COC(=O)Cc1ccccc1OC1CCN(C)CC1. The van der Waals surface area contributed by atoms with Gasteiger partial charge in [0.2, 0.25) is 0 Å². The van der Waals surface area contributed by atoms with E-state index in [1.165, 1.54) is 7.11 Å². The number of hydrogen-bond donors (Lipinski definition) is 0. The van der Waals surface area contributed by atoms with E-state index in [-0.39, 0.29) is 18.5 Å². The van der Waals surface area contributed by atoms with E-state index >= 15 is 0 Å². The first kappa shape index (κ1) is 13.9. The van der Waals surface area contributed by atoms with E-state index < -0.39 is 0 Å². The highest BCUT2D eigenvalue weighted by atomic mass is 16.5. The molecule has 1 aliphatic rings. The summed E-state index contributed by atoms with van der Waals surface area (Å²) in [6.07, 6.45) is 2.57. The van der Waals surface area contributed by atoms with Gasteiger partial charge in [0.15, 0.2) is 0 Å². The minimum atomic E-state index is -0.237. The molecule has 0 bridgehead atoms. The van der Waals surface area contributed by atoms with E-state index in [1.807, 2.05) is 24.3 Å². The predicted octanol–water partition coefficient (Wildman–Crippen LogP) is 1.88. The van der Waals surface area contributed by atoms with E-state index in [4.69, 9.17) is 9.47 Å². The number of rotatable bonds is 4. The maximum Gasteiger partial charge on any atom is 0.310 e. The van der Waals surface area contributed by atoms with Gasteiger partial charge >= 0.3 is 5.97 Å². The third-order valence-corrected chi connectivity index (χ3v) is 3.49. The molecule has 1 saturated heterocycles. The summed E-state index contributed by atoms with van der Waals surface area (Å²) in [5.74, 6) is 0.571. The number of para-hydroxylation sites is 1. The van der Waals surface area contributed by atoms with E-state index in [2.05, 4.69) is 11.9 Å². The van der Waals surface area contributed by atoms with Crippen molar-refractivity contribution >= 4 is 5.97 Å². The van der Waals surface area contributed by atoms with Crippen LogP contribution in [0, 0.1) is 0 Å². The topological polar surface area (TPSA) is 38.8 Å². The summed E-state index contributed by atoms with van der Waals surface area (Å²) in [5, 5.41) is 0. The number of esters is 1. The third kappa shape index (κ3) is 3.96. The quantitative estimate of drug-likeness (QED) is 0.777. The molecule has 1 heterocycles. The van der Waals surface area contributed by atoms with Crippen LogP contribution in [-0.2, 0) is 16.0 Å². The van der Waals surface area contributed by atoms with Crippen molar-refractivity contribution in [1.82, 2.24) is 4.90 Å². The first-order valence-corrected chi connectivity index (χ1v) is 6.69. The Morgan fingerprint density at radius 3 is 2.68 bits per heavy atom. The largest absolute Gasteiger partial charge is 0.490 e. The molecule has 1 fully saturated rings. The van der Waals surface area contributed by atoms with E-state index in [9.17, 15) is 4.79 Å². The molecule has 0 N–H and O–H groups in total. The molecule has 1 aromatic rings. The fourth-order valence-electron chi connectivity index (χ4n) is 2.27. The van der Waals surface area contributed by atoms with Crippen LogP contribution in [0.5, 0.6) is 5.75 Å². The number of nitrogens with zero attached hydrogens (tertiary/aromatic N) is 1. The highest BCUT2D eigenvalue weighted by Crippen LogP contribution is 2.23. The van der Waals surface area contributed by atoms with E-state index in [0.29, 0.717) is 0 Å². The second kappa shape index (κ2) is 6.57. The van der Waals surface area contributed by atoms with Crippen molar-refractivity contribution < 1.29 is 14.3 Å². The molecule has 104 valence electrons. The number of ether oxygens (including phenoxy) is 2. The first-order chi connectivity index (χ1) is 9.19. The molecule has 0 unspecified atom stereocenters. The van der Waals surface area contributed by atoms with Gasteiger partial charge in [0.25, 0.3) is 0 Å². The average Bonchev–Trinajstić information content (AvgIpc) is 2.43. The summed E-state index contributed by atoms with van der Waals surface area (Å²) in [7, 11) is 3.53. The zero-order valence-electron chi connectivity index (χ0n) is 11.6. The van der Waals surface area contributed by atoms with Gasteiger partial charge < -0.3 is 14.4 Å². The zero-order chi connectivity index (χ0) is 13.7. The van der Waals surface area contributed by atoms with Crippen LogP contribution in [0.2, 0.25) is 0 Å². The molecular formula is C15H21NO3. The Bertz CT molecular complexity index is 425. The number of likely N-dealkylation sites (tertiary alicyclic amines) is 1. The Morgan fingerprint density at radius 2 is 2.00 bits per heavy atom. The van der Waals surface area contributed by atoms with Crippen molar-refractivity contribution in [2.75, 3.05) is 27.2 Å². The van der Waals surface area contributed by atoms with Crippen molar-refractivity contribution in [3.63, 3.8) is 0 Å². The Morgan fingerprint density at radius 1 is 1.32 bits per heavy atom. The second-order valence-electron chi connectivity index (χ2n) is 4.98. The second-order valence-corrected chi connectivity index (χ2v) is 4.98. The molecule has 19 heavy (non-hydrogen) atoms. The minimum absolute atomic E-state index is 0.237. The van der Waals surface area contributed by atoms with Crippen LogP contribution in [0.4, 0.5) is 0 Å². The van der Waals surface area contributed by atoms with Crippen molar-refractivity contribution in [2.24, 2.45) is 0 Å². The number of carbonyl (C=O) groups excluding carboxylic acids is 1. The van der Waals surface area contributed by atoms with Gasteiger partial charge in [-0.15, -0.1) is 0 Å². The van der Waals surface area contributed by atoms with Crippen LogP contribution in [0.25, 0.3) is 0 Å². The predicted molar refractivity (Wildman–Crippen MR) is 73.3 cm³/mol. The molecular weight excluding hydrogens is 242 g/mol. The molecule has 4 nitrogen and oxygen atoms in total. The fourth-order valence-corrected chi connectivity index (χ4v) is 2.27. The lowest BCUT2D eigenvalue weighted by Crippen LogP contribution is -2.35. The Balaban J connectivity index is 2.01. The molecule has 0 aliphatic carbocycles. The van der Waals surface area contributed by atoms with Crippen molar-refractivity contribution in [2.45, 2.75) is 25.4 Å². The average molecular weight is 263 g/mol. The number of methoxy groups -OCH3 is 1. The Labute approximate surface area is 114 Å². The first-order valence-electron chi connectivity index (χ1n) is 6.69. The summed E-state index contributed by atoms with van der Waals surface area (Å²) in [4.78, 5) is 13.7. The third-order valence-electron chi connectivity index (χ3n) is 3.49. The van der Waals surface area contributed by atoms with Gasteiger partial charge in [-0.25, -0.2) is 0 Å². The lowest BCUT2D eigenvalue weighted by Gasteiger charge is -2.29. The lowest BCUT2D eigenvalue weighted by atomic mass is 10.1. The molecule has 4 heteroatoms. The lowest BCUT2D eigenvalue weighted by molar-refractivity contribution is -0.139. The maximum absolute atomic E-state index is 11.4. The smallest absolute Gasteiger partial charge is 0.310 e. The van der Waals surface area contributed by atoms with E-state index in [1.54, 1.807) is 0 Å². The standard InChI is InChI=1S/C15H21NO3/c1-16-9-7-13(8-10-16)19-14-6-4-3-5-12(14)11-15(17)18-2/h3-6,13H,7-11H2,1-2H3. The summed E-state index contributed by atoms with van der Waals surface area (Å²) >= 11 is 0. The molecule has 0 aromatic heterocycles. The summed E-state index contributed by atoms with van der Waals surface area (Å²) < 4.78 is 10.8. The van der Waals surface area contributed by atoms with Gasteiger partial charge in [-0.1, -0.05) is 18.2 Å². The monoisotopic (exact) mass is 263 g/mol. The minimum Gasteiger partial charge on any atom is -0.490 e. The molecule has 0 atom stereocenters. The zero-order valence-corrected chi connectivity index (χ0v) is 11.6. The number of carbonyl (C=O) groups is 1. The molecule has 0 radical (unpaired) electrons. The number of benzene rings is 1. The Hall–Kier alpha value is -1.55. The van der Waals surface area contributed by atoms with Gasteiger partial charge in [0.05, 0.1) is 13.5 Å². The number of piperidine rings is 1. The molecule has 0 spiro atoms. The van der Waals surface area contributed by atoms with Crippen LogP contribution < -0.4 is 4.74 Å². The summed E-state index contributed by atoms with van der Waals surface area (Å²) in [5.41, 5.74) is 0.897. The molecule has 1 aliphatic heterocycles. The van der Waals surface area contributed by atoms with Crippen molar-refractivity contribution in [1.29, 1.82) is 0 Å². The van der Waals surface area contributed by atoms with Crippen LogP contribution >= 0.6 is 0 Å². The van der Waals surface area contributed by atoms with Crippen LogP contribution in [-0.4, -0.2) is 44.2 Å². The molecule has 1 aromatic carbocycles. The normalized spacial score (nSPS) is 17.2. The van der Waals surface area contributed by atoms with Gasteiger partial charge in [-0.3, -0.25) is 4.79 Å². The van der Waals surface area contributed by atoms with Crippen molar-refractivity contribution in [3.05, 3.63) is 29.8 Å². The summed E-state index contributed by atoms with van der Waals surface area (Å²) in [6, 6.07) is 7.70. The number of hydrogen-bond acceptors (Lipinski definition) is 4. The van der Waals surface area contributed by atoms with Gasteiger partial charge in [0, 0.05) is 18.7 Å². The van der Waals surface area contributed by atoms with Crippen molar-refractivity contribution in [3.8, 4) is 5.75 Å². The Kier molecular flexibility index (Phi) is 4.80. The fraction of sp³-hybridized carbons (Fsp3) is 0.533. The van der Waals surface area contributed by atoms with E-state index in [0.717, 1.165) is 37.2 Å². The summed E-state index contributed by atoms with van der Waals surface area (Å²) in [6.45, 7) is 2.12. The van der Waals surface area contributed by atoms with Gasteiger partial charge in [-0.05, 0) is 26.0 Å². The molecule has 0 saturated carbocycles. The maximum atomic E-state index is 11.4. The van der Waals surface area contributed by atoms with Gasteiger partial charge in [-0.2, -0.15) is 0 Å². The highest BCUT2D eigenvalue weighted by Gasteiger charge is 2.19. The molecule has 0 amide bonds. The van der Waals surface area contributed by atoms with Crippen LogP contribution in [0.3, 0.4) is 0 Å². The van der Waals surface area contributed by atoms with Gasteiger partial charge in [0.1, 0.15) is 11.9 Å². The van der Waals surface area contributed by atoms with Crippen LogP contribution in [0.15, 0.2) is 24.3 Å². The highest BCUT2D eigenvalue weighted by molar-refractivity contribution is 5.73.